The quantitative estimate of drug-likeness (QED) is 0.496. The van der Waals surface area contributed by atoms with Gasteiger partial charge in [-0.25, -0.2) is 9.18 Å². The van der Waals surface area contributed by atoms with Gasteiger partial charge >= 0.3 is 5.97 Å². The van der Waals surface area contributed by atoms with E-state index in [9.17, 15) is 14.3 Å². The van der Waals surface area contributed by atoms with E-state index in [4.69, 9.17) is 4.74 Å². The van der Waals surface area contributed by atoms with Crippen LogP contribution in [0.3, 0.4) is 0 Å². The lowest BCUT2D eigenvalue weighted by Crippen LogP contribution is -2.16. The van der Waals surface area contributed by atoms with Gasteiger partial charge in [0.05, 0.1) is 13.2 Å². The van der Waals surface area contributed by atoms with Crippen LogP contribution in [0.4, 0.5) is 4.39 Å². The molecule has 18 heavy (non-hydrogen) atoms. The second-order valence-electron chi connectivity index (χ2n) is 3.42. The van der Waals surface area contributed by atoms with Gasteiger partial charge in [0.15, 0.2) is 0 Å². The van der Waals surface area contributed by atoms with E-state index in [1.807, 2.05) is 0 Å². The van der Waals surface area contributed by atoms with E-state index >= 15 is 0 Å². The van der Waals surface area contributed by atoms with Gasteiger partial charge in [-0.15, -0.1) is 0 Å². The van der Waals surface area contributed by atoms with Crippen LogP contribution < -0.4 is 4.74 Å². The largest absolute Gasteiger partial charge is 0.491 e. The molecule has 5 heteroatoms. The highest BCUT2D eigenvalue weighted by Crippen LogP contribution is 2.11. The molecule has 0 fully saturated rings. The van der Waals surface area contributed by atoms with Crippen LogP contribution in [0.15, 0.2) is 24.3 Å². The fourth-order valence-corrected chi connectivity index (χ4v) is 1.07. The fourth-order valence-electron chi connectivity index (χ4n) is 1.07. The molecule has 0 spiro atoms. The molecule has 1 rings (SSSR count). The number of ether oxygens (including phenoxy) is 2. The summed E-state index contributed by atoms with van der Waals surface area (Å²) < 4.78 is 22.1. The Morgan fingerprint density at radius 2 is 2.11 bits per heavy atom. The highest BCUT2D eigenvalue weighted by atomic mass is 19.1. The van der Waals surface area contributed by atoms with Gasteiger partial charge < -0.3 is 14.6 Å². The summed E-state index contributed by atoms with van der Waals surface area (Å²) >= 11 is 0. The Bertz CT molecular complexity index is 444. The Labute approximate surface area is 104 Å². The maximum absolute atomic E-state index is 12.6. The summed E-state index contributed by atoms with van der Waals surface area (Å²) in [5.74, 6) is 4.11. The number of hydrogen-bond donors (Lipinski definition) is 1. The SMILES string of the molecule is COC(=O)C#CC[C@H](O)COc1ccc(F)cc1. The number of aliphatic hydroxyl groups is 1. The molecule has 96 valence electrons. The van der Waals surface area contributed by atoms with Crippen molar-refractivity contribution >= 4 is 5.97 Å². The predicted molar refractivity (Wildman–Crippen MR) is 62.3 cm³/mol. The standard InChI is InChI=1S/C13H13FO4/c1-17-13(16)4-2-3-11(15)9-18-12-7-5-10(14)6-8-12/h5-8,11,15H,3,9H2,1H3/t11-/m0/s1. The Morgan fingerprint density at radius 3 is 2.72 bits per heavy atom. The van der Waals surface area contributed by atoms with Crippen molar-refractivity contribution in [2.45, 2.75) is 12.5 Å². The second-order valence-corrected chi connectivity index (χ2v) is 3.42. The lowest BCUT2D eigenvalue weighted by molar-refractivity contribution is -0.133. The Morgan fingerprint density at radius 1 is 1.44 bits per heavy atom. The molecule has 4 nitrogen and oxygen atoms in total. The minimum atomic E-state index is -0.827. The molecule has 0 aliphatic rings. The zero-order valence-corrected chi connectivity index (χ0v) is 9.85. The number of methoxy groups -OCH3 is 1. The van der Waals surface area contributed by atoms with Crippen LogP contribution in [0.5, 0.6) is 5.75 Å². The molecule has 0 unspecified atom stereocenters. The molecule has 0 heterocycles. The van der Waals surface area contributed by atoms with E-state index in [0.717, 1.165) is 0 Å². The second kappa shape index (κ2) is 7.30. The number of benzene rings is 1. The summed E-state index contributed by atoms with van der Waals surface area (Å²) in [6.07, 6.45) is -0.733. The average Bonchev–Trinajstić information content (AvgIpc) is 2.38. The van der Waals surface area contributed by atoms with Gasteiger partial charge in [-0.05, 0) is 24.3 Å². The van der Waals surface area contributed by atoms with Crippen molar-refractivity contribution in [3.8, 4) is 17.6 Å². The van der Waals surface area contributed by atoms with Gasteiger partial charge in [0.25, 0.3) is 0 Å². The van der Waals surface area contributed by atoms with Crippen LogP contribution in [0, 0.1) is 17.7 Å². The van der Waals surface area contributed by atoms with E-state index < -0.39 is 12.1 Å². The number of aliphatic hydroxyl groups excluding tert-OH is 1. The Balaban J connectivity index is 2.32. The first kappa shape index (κ1) is 14.0. The van der Waals surface area contributed by atoms with Crippen LogP contribution in [0.25, 0.3) is 0 Å². The summed E-state index contributed by atoms with van der Waals surface area (Å²) in [4.78, 5) is 10.7. The molecule has 0 aromatic heterocycles. The van der Waals surface area contributed by atoms with Crippen molar-refractivity contribution in [3.63, 3.8) is 0 Å². The van der Waals surface area contributed by atoms with Gasteiger partial charge in [0, 0.05) is 12.3 Å². The molecule has 0 aliphatic carbocycles. The van der Waals surface area contributed by atoms with E-state index in [-0.39, 0.29) is 18.8 Å². The van der Waals surface area contributed by atoms with Crippen LogP contribution in [-0.4, -0.2) is 30.9 Å². The molecular formula is C13H13FO4. The lowest BCUT2D eigenvalue weighted by Gasteiger charge is -2.09. The third-order valence-corrected chi connectivity index (χ3v) is 1.97. The molecule has 0 amide bonds. The molecule has 1 N–H and O–H groups in total. The number of rotatable bonds is 4. The fraction of sp³-hybridized carbons (Fsp3) is 0.308. The first-order chi connectivity index (χ1) is 8.61. The summed E-state index contributed by atoms with van der Waals surface area (Å²) in [5.41, 5.74) is 0. The van der Waals surface area contributed by atoms with Crippen LogP contribution in [-0.2, 0) is 9.53 Å². The molecule has 0 bridgehead atoms. The zero-order chi connectivity index (χ0) is 13.4. The molecular weight excluding hydrogens is 239 g/mol. The molecule has 0 saturated heterocycles. The maximum atomic E-state index is 12.6. The number of carbonyl (C=O) groups is 1. The summed E-state index contributed by atoms with van der Waals surface area (Å²) in [5, 5.41) is 9.50. The Kier molecular flexibility index (Phi) is 5.68. The van der Waals surface area contributed by atoms with Crippen molar-refractivity contribution in [1.29, 1.82) is 0 Å². The summed E-state index contributed by atoms with van der Waals surface area (Å²) in [7, 11) is 1.23. The first-order valence-electron chi connectivity index (χ1n) is 5.25. The van der Waals surface area contributed by atoms with Crippen LogP contribution in [0.1, 0.15) is 6.42 Å². The van der Waals surface area contributed by atoms with E-state index in [0.29, 0.717) is 5.75 Å². The van der Waals surface area contributed by atoms with Gasteiger partial charge in [0.2, 0.25) is 0 Å². The third-order valence-electron chi connectivity index (χ3n) is 1.97. The molecule has 1 atom stereocenters. The van der Waals surface area contributed by atoms with Crippen LogP contribution in [0.2, 0.25) is 0 Å². The van der Waals surface area contributed by atoms with Gasteiger partial charge in [-0.2, -0.15) is 0 Å². The minimum absolute atomic E-state index is 0.0154. The lowest BCUT2D eigenvalue weighted by atomic mass is 10.2. The zero-order valence-electron chi connectivity index (χ0n) is 9.85. The van der Waals surface area contributed by atoms with Crippen LogP contribution >= 0.6 is 0 Å². The summed E-state index contributed by atoms with van der Waals surface area (Å²) in [6.45, 7) is 0.0154. The minimum Gasteiger partial charge on any atom is -0.491 e. The highest BCUT2D eigenvalue weighted by Gasteiger charge is 2.03. The monoisotopic (exact) mass is 252 g/mol. The molecule has 0 saturated carbocycles. The van der Waals surface area contributed by atoms with Crippen molar-refractivity contribution in [2.24, 2.45) is 0 Å². The average molecular weight is 252 g/mol. The Hall–Kier alpha value is -2.06. The van der Waals surface area contributed by atoms with Gasteiger partial charge in [0.1, 0.15) is 18.2 Å². The van der Waals surface area contributed by atoms with Crippen molar-refractivity contribution in [1.82, 2.24) is 0 Å². The van der Waals surface area contributed by atoms with E-state index in [2.05, 4.69) is 16.6 Å². The normalized spacial score (nSPS) is 11.1. The molecule has 0 radical (unpaired) electrons. The van der Waals surface area contributed by atoms with E-state index in [1.165, 1.54) is 31.4 Å². The van der Waals surface area contributed by atoms with Crippen molar-refractivity contribution in [2.75, 3.05) is 13.7 Å². The van der Waals surface area contributed by atoms with Crippen molar-refractivity contribution in [3.05, 3.63) is 30.1 Å². The number of hydrogen-bond acceptors (Lipinski definition) is 4. The molecule has 1 aromatic carbocycles. The van der Waals surface area contributed by atoms with Crippen molar-refractivity contribution < 1.29 is 23.8 Å². The predicted octanol–water partition coefficient (Wildman–Crippen LogP) is 1.13. The summed E-state index contributed by atoms with van der Waals surface area (Å²) in [6, 6.07) is 5.45. The highest BCUT2D eigenvalue weighted by molar-refractivity contribution is 5.88. The number of esters is 1. The smallest absolute Gasteiger partial charge is 0.384 e. The molecule has 0 aliphatic heterocycles. The maximum Gasteiger partial charge on any atom is 0.384 e. The van der Waals surface area contributed by atoms with Gasteiger partial charge in [-0.3, -0.25) is 0 Å². The third kappa shape index (κ3) is 5.32. The van der Waals surface area contributed by atoms with Gasteiger partial charge in [-0.1, -0.05) is 5.92 Å². The number of halogens is 1. The first-order valence-corrected chi connectivity index (χ1v) is 5.25. The van der Waals surface area contributed by atoms with E-state index in [1.54, 1.807) is 0 Å². The number of carbonyl (C=O) groups excluding carboxylic acids is 1. The topological polar surface area (TPSA) is 55.8 Å². The molecule has 1 aromatic rings.